The third-order valence-electron chi connectivity index (χ3n) is 3.13. The fourth-order valence-electron chi connectivity index (χ4n) is 1.76. The van der Waals surface area contributed by atoms with Gasteiger partial charge in [-0.2, -0.15) is 0 Å². The maximum absolute atomic E-state index is 11.5. The van der Waals surface area contributed by atoms with E-state index >= 15 is 0 Å². The normalized spacial score (nSPS) is 16.1. The van der Waals surface area contributed by atoms with Crippen LogP contribution in [-0.2, 0) is 4.79 Å². The lowest BCUT2D eigenvalue weighted by Crippen LogP contribution is -2.36. The van der Waals surface area contributed by atoms with Crippen molar-refractivity contribution in [1.29, 1.82) is 0 Å². The van der Waals surface area contributed by atoms with Gasteiger partial charge in [-0.05, 0) is 37.5 Å². The Morgan fingerprint density at radius 2 is 2.06 bits per heavy atom. The number of nitrogens with one attached hydrogen (secondary N) is 2. The van der Waals surface area contributed by atoms with E-state index in [-0.39, 0.29) is 11.9 Å². The van der Waals surface area contributed by atoms with Gasteiger partial charge in [0.2, 0.25) is 5.91 Å². The fraction of sp³-hybridized carbons (Fsp3) is 0.500. The minimum absolute atomic E-state index is 0.0814. The molecule has 0 spiro atoms. The molecule has 2 rings (SSSR count). The number of hydrogen-bond acceptors (Lipinski definition) is 3. The molecule has 98 valence electrons. The Morgan fingerprint density at radius 3 is 2.61 bits per heavy atom. The largest absolute Gasteiger partial charge is 0.497 e. The number of methoxy groups -OCH3 is 1. The number of hydrogen-bond donors (Lipinski definition) is 2. The van der Waals surface area contributed by atoms with Gasteiger partial charge >= 0.3 is 0 Å². The molecule has 0 unspecified atom stereocenters. The fourth-order valence-corrected chi connectivity index (χ4v) is 1.76. The summed E-state index contributed by atoms with van der Waals surface area (Å²) in [5.74, 6) is 0.926. The van der Waals surface area contributed by atoms with Crippen molar-refractivity contribution in [2.75, 3.05) is 13.7 Å². The molecule has 1 aliphatic rings. The molecule has 0 saturated heterocycles. The van der Waals surface area contributed by atoms with Crippen molar-refractivity contribution < 1.29 is 9.53 Å². The van der Waals surface area contributed by atoms with Gasteiger partial charge in [-0.3, -0.25) is 4.79 Å². The molecule has 1 fully saturated rings. The van der Waals surface area contributed by atoms with E-state index in [1.165, 1.54) is 0 Å². The standard InChI is InChI=1S/C14H20N2O2/c1-10(11-3-7-13(18-2)8-4-11)15-9-14(17)16-12-5-6-12/h3-4,7-8,10,12,15H,5-6,9H2,1-2H3,(H,16,17)/t10-/m1/s1. The van der Waals surface area contributed by atoms with E-state index in [9.17, 15) is 4.79 Å². The summed E-state index contributed by atoms with van der Waals surface area (Å²) in [7, 11) is 1.65. The summed E-state index contributed by atoms with van der Waals surface area (Å²) in [6, 6.07) is 8.46. The Labute approximate surface area is 108 Å². The van der Waals surface area contributed by atoms with Gasteiger partial charge in [0.05, 0.1) is 13.7 Å². The van der Waals surface area contributed by atoms with Crippen molar-refractivity contribution in [2.45, 2.75) is 31.8 Å². The van der Waals surface area contributed by atoms with E-state index in [1.807, 2.05) is 31.2 Å². The van der Waals surface area contributed by atoms with Gasteiger partial charge in [-0.25, -0.2) is 0 Å². The first-order valence-corrected chi connectivity index (χ1v) is 6.35. The van der Waals surface area contributed by atoms with E-state index in [0.717, 1.165) is 24.2 Å². The molecular weight excluding hydrogens is 228 g/mol. The molecule has 4 heteroatoms. The van der Waals surface area contributed by atoms with Crippen LogP contribution in [0.3, 0.4) is 0 Å². The average Bonchev–Trinajstić information content (AvgIpc) is 3.20. The molecule has 2 N–H and O–H groups in total. The van der Waals surface area contributed by atoms with Gasteiger partial charge in [0.15, 0.2) is 0 Å². The highest BCUT2D eigenvalue weighted by atomic mass is 16.5. The molecule has 0 bridgehead atoms. The minimum atomic E-state index is 0.0814. The van der Waals surface area contributed by atoms with Crippen LogP contribution in [0.2, 0.25) is 0 Å². The lowest BCUT2D eigenvalue weighted by Gasteiger charge is -2.14. The van der Waals surface area contributed by atoms with Crippen LogP contribution in [0.25, 0.3) is 0 Å². The van der Waals surface area contributed by atoms with E-state index in [1.54, 1.807) is 7.11 Å². The summed E-state index contributed by atoms with van der Waals surface area (Å²) < 4.78 is 5.11. The molecule has 0 aromatic heterocycles. The summed E-state index contributed by atoms with van der Waals surface area (Å²) >= 11 is 0. The molecule has 4 nitrogen and oxygen atoms in total. The van der Waals surface area contributed by atoms with Crippen molar-refractivity contribution in [3.05, 3.63) is 29.8 Å². The first-order chi connectivity index (χ1) is 8.69. The Hall–Kier alpha value is -1.55. The first-order valence-electron chi connectivity index (χ1n) is 6.35. The molecule has 1 aliphatic carbocycles. The summed E-state index contributed by atoms with van der Waals surface area (Å²) in [6.45, 7) is 2.41. The molecule has 1 aromatic rings. The highest BCUT2D eigenvalue weighted by Gasteiger charge is 2.23. The molecule has 1 aromatic carbocycles. The lowest BCUT2D eigenvalue weighted by molar-refractivity contribution is -0.120. The van der Waals surface area contributed by atoms with E-state index < -0.39 is 0 Å². The van der Waals surface area contributed by atoms with E-state index in [4.69, 9.17) is 4.74 Å². The molecule has 18 heavy (non-hydrogen) atoms. The van der Waals surface area contributed by atoms with Gasteiger partial charge in [0.25, 0.3) is 0 Å². The number of rotatable bonds is 6. The highest BCUT2D eigenvalue weighted by molar-refractivity contribution is 5.78. The van der Waals surface area contributed by atoms with Crippen molar-refractivity contribution in [3.63, 3.8) is 0 Å². The highest BCUT2D eigenvalue weighted by Crippen LogP contribution is 2.19. The van der Waals surface area contributed by atoms with Crippen LogP contribution < -0.4 is 15.4 Å². The lowest BCUT2D eigenvalue weighted by atomic mass is 10.1. The Balaban J connectivity index is 1.78. The van der Waals surface area contributed by atoms with Gasteiger partial charge in [0.1, 0.15) is 5.75 Å². The number of amides is 1. The average molecular weight is 248 g/mol. The quantitative estimate of drug-likeness (QED) is 0.804. The van der Waals surface area contributed by atoms with Crippen molar-refractivity contribution in [2.24, 2.45) is 0 Å². The third-order valence-corrected chi connectivity index (χ3v) is 3.13. The van der Waals surface area contributed by atoms with Crippen LogP contribution in [0, 0.1) is 0 Å². The summed E-state index contributed by atoms with van der Waals surface area (Å²) in [4.78, 5) is 11.5. The Morgan fingerprint density at radius 1 is 1.39 bits per heavy atom. The predicted octanol–water partition coefficient (Wildman–Crippen LogP) is 1.62. The molecule has 0 radical (unpaired) electrons. The van der Waals surface area contributed by atoms with Crippen LogP contribution in [-0.4, -0.2) is 25.6 Å². The molecule has 1 amide bonds. The Bertz CT molecular complexity index is 399. The number of carbonyl (C=O) groups excluding carboxylic acids is 1. The number of ether oxygens (including phenoxy) is 1. The minimum Gasteiger partial charge on any atom is -0.497 e. The SMILES string of the molecule is COc1ccc([C@@H](C)NCC(=O)NC2CC2)cc1. The van der Waals surface area contributed by atoms with Gasteiger partial charge < -0.3 is 15.4 Å². The smallest absolute Gasteiger partial charge is 0.234 e. The molecule has 0 aliphatic heterocycles. The molecule has 0 heterocycles. The second kappa shape index (κ2) is 5.87. The summed E-state index contributed by atoms with van der Waals surface area (Å²) in [5, 5.41) is 6.17. The summed E-state index contributed by atoms with van der Waals surface area (Å²) in [6.07, 6.45) is 2.25. The van der Waals surface area contributed by atoms with Gasteiger partial charge in [-0.1, -0.05) is 12.1 Å². The van der Waals surface area contributed by atoms with Crippen molar-refractivity contribution in [3.8, 4) is 5.75 Å². The topological polar surface area (TPSA) is 50.4 Å². The van der Waals surface area contributed by atoms with Gasteiger partial charge in [-0.15, -0.1) is 0 Å². The maximum Gasteiger partial charge on any atom is 0.234 e. The zero-order valence-electron chi connectivity index (χ0n) is 10.9. The second-order valence-electron chi connectivity index (χ2n) is 4.72. The van der Waals surface area contributed by atoms with Gasteiger partial charge in [0, 0.05) is 12.1 Å². The van der Waals surface area contributed by atoms with Crippen LogP contribution >= 0.6 is 0 Å². The van der Waals surface area contributed by atoms with Crippen molar-refractivity contribution >= 4 is 5.91 Å². The molecular formula is C14H20N2O2. The molecule has 1 atom stereocenters. The van der Waals surface area contributed by atoms with Crippen LogP contribution in [0.4, 0.5) is 0 Å². The summed E-state index contributed by atoms with van der Waals surface area (Å²) in [5.41, 5.74) is 1.15. The van der Waals surface area contributed by atoms with Crippen LogP contribution in [0.1, 0.15) is 31.4 Å². The first kappa shape index (κ1) is 12.9. The third kappa shape index (κ3) is 3.74. The van der Waals surface area contributed by atoms with Crippen molar-refractivity contribution in [1.82, 2.24) is 10.6 Å². The van der Waals surface area contributed by atoms with Crippen LogP contribution in [0.5, 0.6) is 5.75 Å². The van der Waals surface area contributed by atoms with E-state index in [2.05, 4.69) is 10.6 Å². The monoisotopic (exact) mass is 248 g/mol. The zero-order valence-corrected chi connectivity index (χ0v) is 10.9. The molecule has 1 saturated carbocycles. The van der Waals surface area contributed by atoms with E-state index in [0.29, 0.717) is 12.6 Å². The Kier molecular flexibility index (Phi) is 4.20. The number of carbonyl (C=O) groups is 1. The predicted molar refractivity (Wildman–Crippen MR) is 70.6 cm³/mol. The van der Waals surface area contributed by atoms with Crippen LogP contribution in [0.15, 0.2) is 24.3 Å². The zero-order chi connectivity index (χ0) is 13.0. The number of benzene rings is 1. The second-order valence-corrected chi connectivity index (χ2v) is 4.72. The maximum atomic E-state index is 11.5.